The van der Waals surface area contributed by atoms with E-state index in [9.17, 15) is 8.42 Å². The van der Waals surface area contributed by atoms with Gasteiger partial charge >= 0.3 is 0 Å². The van der Waals surface area contributed by atoms with Crippen LogP contribution in [-0.2, 0) is 15.9 Å². The SMILES string of the molecule is Cc1ccc(S(=O)(=O)N2CCCC(C)CC2)cc1CCl. The van der Waals surface area contributed by atoms with E-state index in [4.69, 9.17) is 11.6 Å². The highest BCUT2D eigenvalue weighted by atomic mass is 35.5. The molecule has 1 aliphatic heterocycles. The number of benzene rings is 1. The van der Waals surface area contributed by atoms with E-state index in [0.29, 0.717) is 29.8 Å². The molecule has 0 spiro atoms. The number of aryl methyl sites for hydroxylation is 1. The molecule has 112 valence electrons. The van der Waals surface area contributed by atoms with Gasteiger partial charge in [0.25, 0.3) is 0 Å². The third-order valence-corrected chi connectivity index (χ3v) is 6.26. The molecule has 1 heterocycles. The first-order valence-electron chi connectivity index (χ1n) is 7.11. The molecule has 2 rings (SSSR count). The Labute approximate surface area is 127 Å². The van der Waals surface area contributed by atoms with Crippen molar-refractivity contribution < 1.29 is 8.42 Å². The highest BCUT2D eigenvalue weighted by Crippen LogP contribution is 2.24. The van der Waals surface area contributed by atoms with E-state index in [-0.39, 0.29) is 0 Å². The normalized spacial score (nSPS) is 21.6. The second-order valence-electron chi connectivity index (χ2n) is 5.66. The Bertz CT molecular complexity index is 571. The number of hydrogen-bond acceptors (Lipinski definition) is 2. The maximum atomic E-state index is 12.7. The Morgan fingerprint density at radius 1 is 1.30 bits per heavy atom. The van der Waals surface area contributed by atoms with Crippen molar-refractivity contribution in [1.29, 1.82) is 0 Å². The van der Waals surface area contributed by atoms with Crippen LogP contribution in [0.2, 0.25) is 0 Å². The Hall–Kier alpha value is -0.580. The van der Waals surface area contributed by atoms with Gasteiger partial charge in [-0.3, -0.25) is 0 Å². The number of sulfonamides is 1. The lowest BCUT2D eigenvalue weighted by molar-refractivity contribution is 0.416. The molecule has 1 unspecified atom stereocenters. The van der Waals surface area contributed by atoms with Crippen LogP contribution in [0.5, 0.6) is 0 Å². The van der Waals surface area contributed by atoms with Crippen molar-refractivity contribution in [2.45, 2.75) is 43.9 Å². The van der Waals surface area contributed by atoms with E-state index < -0.39 is 10.0 Å². The van der Waals surface area contributed by atoms with Gasteiger partial charge in [-0.05, 0) is 55.4 Å². The molecule has 3 nitrogen and oxygen atoms in total. The minimum Gasteiger partial charge on any atom is -0.207 e. The van der Waals surface area contributed by atoms with Gasteiger partial charge in [0.15, 0.2) is 0 Å². The average Bonchev–Trinajstić information content (AvgIpc) is 2.64. The molecule has 1 fully saturated rings. The molecule has 0 radical (unpaired) electrons. The van der Waals surface area contributed by atoms with E-state index in [2.05, 4.69) is 6.92 Å². The first kappa shape index (κ1) is 15.8. The van der Waals surface area contributed by atoms with Crippen molar-refractivity contribution in [1.82, 2.24) is 4.31 Å². The summed E-state index contributed by atoms with van der Waals surface area (Å²) in [5, 5.41) is 0. The van der Waals surface area contributed by atoms with Gasteiger partial charge < -0.3 is 0 Å². The highest BCUT2D eigenvalue weighted by Gasteiger charge is 2.26. The average molecular weight is 316 g/mol. The quantitative estimate of drug-likeness (QED) is 0.800. The molecule has 1 saturated heterocycles. The van der Waals surface area contributed by atoms with Crippen molar-refractivity contribution in [3.05, 3.63) is 29.3 Å². The summed E-state index contributed by atoms with van der Waals surface area (Å²) in [6, 6.07) is 5.24. The van der Waals surface area contributed by atoms with Gasteiger partial charge in [0.2, 0.25) is 10.0 Å². The minimum absolute atomic E-state index is 0.340. The molecular formula is C15H22ClNO2S. The van der Waals surface area contributed by atoms with E-state index in [1.165, 1.54) is 0 Å². The van der Waals surface area contributed by atoms with Crippen LogP contribution in [0, 0.1) is 12.8 Å². The van der Waals surface area contributed by atoms with Crippen molar-refractivity contribution in [2.24, 2.45) is 5.92 Å². The Morgan fingerprint density at radius 2 is 2.05 bits per heavy atom. The van der Waals surface area contributed by atoms with Crippen LogP contribution in [0.15, 0.2) is 23.1 Å². The number of halogens is 1. The molecule has 1 aromatic carbocycles. The summed E-state index contributed by atoms with van der Waals surface area (Å²) in [4.78, 5) is 0.369. The number of hydrogen-bond donors (Lipinski definition) is 0. The first-order valence-corrected chi connectivity index (χ1v) is 9.08. The maximum Gasteiger partial charge on any atom is 0.243 e. The maximum absolute atomic E-state index is 12.7. The van der Waals surface area contributed by atoms with Gasteiger partial charge in [0.1, 0.15) is 0 Å². The van der Waals surface area contributed by atoms with Crippen LogP contribution in [0.1, 0.15) is 37.3 Å². The van der Waals surface area contributed by atoms with E-state index in [0.717, 1.165) is 30.4 Å². The molecule has 0 aromatic heterocycles. The van der Waals surface area contributed by atoms with E-state index in [1.807, 2.05) is 13.0 Å². The topological polar surface area (TPSA) is 37.4 Å². The van der Waals surface area contributed by atoms with Crippen LogP contribution in [-0.4, -0.2) is 25.8 Å². The summed E-state index contributed by atoms with van der Waals surface area (Å²) in [5.74, 6) is 0.943. The fourth-order valence-corrected chi connectivity index (χ4v) is 4.41. The molecule has 20 heavy (non-hydrogen) atoms. The van der Waals surface area contributed by atoms with Gasteiger partial charge in [0.05, 0.1) is 4.90 Å². The molecule has 0 N–H and O–H groups in total. The summed E-state index contributed by atoms with van der Waals surface area (Å²) in [5.41, 5.74) is 1.92. The third kappa shape index (κ3) is 3.35. The molecular weight excluding hydrogens is 294 g/mol. The standard InChI is InChI=1S/C15H22ClNO2S/c1-12-4-3-8-17(9-7-12)20(18,19)15-6-5-13(2)14(10-15)11-16/h5-6,10,12H,3-4,7-9,11H2,1-2H3. The summed E-state index contributed by atoms with van der Waals surface area (Å²) >= 11 is 5.88. The van der Waals surface area contributed by atoms with Crippen LogP contribution < -0.4 is 0 Å². The highest BCUT2D eigenvalue weighted by molar-refractivity contribution is 7.89. The molecule has 0 saturated carbocycles. The molecule has 1 atom stereocenters. The summed E-state index contributed by atoms with van der Waals surface area (Å²) in [7, 11) is -3.38. The second kappa shape index (κ2) is 6.46. The van der Waals surface area contributed by atoms with Crippen molar-refractivity contribution in [3.8, 4) is 0 Å². The minimum atomic E-state index is -3.38. The van der Waals surface area contributed by atoms with Gasteiger partial charge in [-0.15, -0.1) is 11.6 Å². The van der Waals surface area contributed by atoms with Crippen molar-refractivity contribution in [2.75, 3.05) is 13.1 Å². The van der Waals surface area contributed by atoms with Crippen molar-refractivity contribution in [3.63, 3.8) is 0 Å². The number of alkyl halides is 1. The van der Waals surface area contributed by atoms with Crippen LogP contribution in [0.4, 0.5) is 0 Å². The zero-order valence-electron chi connectivity index (χ0n) is 12.1. The lowest BCUT2D eigenvalue weighted by Crippen LogP contribution is -2.32. The Morgan fingerprint density at radius 3 is 2.75 bits per heavy atom. The fraction of sp³-hybridized carbons (Fsp3) is 0.600. The van der Waals surface area contributed by atoms with Gasteiger partial charge in [-0.1, -0.05) is 13.0 Å². The number of nitrogens with zero attached hydrogens (tertiary/aromatic N) is 1. The van der Waals surface area contributed by atoms with Gasteiger partial charge in [-0.25, -0.2) is 8.42 Å². The molecule has 0 amide bonds. The van der Waals surface area contributed by atoms with Crippen molar-refractivity contribution >= 4 is 21.6 Å². The third-order valence-electron chi connectivity index (χ3n) is 4.08. The first-order chi connectivity index (χ1) is 9.45. The fourth-order valence-electron chi connectivity index (χ4n) is 2.58. The van der Waals surface area contributed by atoms with Gasteiger partial charge in [-0.2, -0.15) is 4.31 Å². The Kier molecular flexibility index (Phi) is 5.10. The molecule has 1 aromatic rings. The smallest absolute Gasteiger partial charge is 0.207 e. The summed E-state index contributed by atoms with van der Waals surface area (Å²) in [6.45, 7) is 5.37. The molecule has 5 heteroatoms. The molecule has 1 aliphatic rings. The predicted octanol–water partition coefficient (Wildman–Crippen LogP) is 3.54. The monoisotopic (exact) mass is 315 g/mol. The zero-order valence-corrected chi connectivity index (χ0v) is 13.7. The van der Waals surface area contributed by atoms with E-state index >= 15 is 0 Å². The van der Waals surface area contributed by atoms with Crippen LogP contribution >= 0.6 is 11.6 Å². The zero-order chi connectivity index (χ0) is 14.8. The lowest BCUT2D eigenvalue weighted by Gasteiger charge is -2.20. The lowest BCUT2D eigenvalue weighted by atomic mass is 10.0. The Balaban J connectivity index is 2.29. The summed E-state index contributed by atoms with van der Waals surface area (Å²) < 4.78 is 27.0. The predicted molar refractivity (Wildman–Crippen MR) is 82.5 cm³/mol. The molecule has 0 aliphatic carbocycles. The van der Waals surface area contributed by atoms with Crippen LogP contribution in [0.3, 0.4) is 0 Å². The van der Waals surface area contributed by atoms with Crippen LogP contribution in [0.25, 0.3) is 0 Å². The largest absolute Gasteiger partial charge is 0.243 e. The summed E-state index contributed by atoms with van der Waals surface area (Å²) in [6.07, 6.45) is 2.98. The second-order valence-corrected chi connectivity index (χ2v) is 7.87. The molecule has 0 bridgehead atoms. The number of rotatable bonds is 3. The van der Waals surface area contributed by atoms with Gasteiger partial charge in [0, 0.05) is 19.0 Å². The van der Waals surface area contributed by atoms with E-state index in [1.54, 1.807) is 16.4 Å².